The van der Waals surface area contributed by atoms with Gasteiger partial charge in [0, 0.05) is 20.4 Å². The van der Waals surface area contributed by atoms with Gasteiger partial charge in [-0.1, -0.05) is 36.4 Å². The molecule has 0 saturated heterocycles. The van der Waals surface area contributed by atoms with E-state index in [4.69, 9.17) is 15.2 Å². The number of halogens is 1. The fourth-order valence-electron chi connectivity index (χ4n) is 4.33. The van der Waals surface area contributed by atoms with Crippen LogP contribution in [0.2, 0.25) is 0 Å². The average molecular weight is 706 g/mol. The van der Waals surface area contributed by atoms with Crippen LogP contribution >= 0.6 is 22.6 Å². The van der Waals surface area contributed by atoms with Crippen LogP contribution in [0.15, 0.2) is 109 Å². The van der Waals surface area contributed by atoms with Crippen molar-refractivity contribution in [1.82, 2.24) is 0 Å². The molecule has 0 unspecified atom stereocenters. The van der Waals surface area contributed by atoms with Gasteiger partial charge in [-0.05, 0) is 115 Å². The summed E-state index contributed by atoms with van der Waals surface area (Å²) in [5.41, 5.74) is 8.19. The number of allylic oxidation sites excluding steroid dienone is 1. The minimum atomic E-state index is -1.03. The Morgan fingerprint density at radius 2 is 1.64 bits per heavy atom. The number of aromatic hydroxyl groups is 1. The number of rotatable bonds is 12. The number of nitrogens with two attached hydrogens (primary N) is 1. The van der Waals surface area contributed by atoms with Crippen molar-refractivity contribution in [1.29, 1.82) is 0 Å². The van der Waals surface area contributed by atoms with Gasteiger partial charge in [0.05, 0.1) is 11.4 Å². The number of amides is 2. The van der Waals surface area contributed by atoms with Gasteiger partial charge in [-0.25, -0.2) is 4.79 Å². The van der Waals surface area contributed by atoms with Crippen molar-refractivity contribution >= 4 is 57.4 Å². The number of para-hydroxylation sites is 3. The van der Waals surface area contributed by atoms with Crippen LogP contribution in [0, 0.1) is 3.57 Å². The first-order chi connectivity index (χ1) is 21.2. The lowest BCUT2D eigenvalue weighted by atomic mass is 9.99. The van der Waals surface area contributed by atoms with Crippen molar-refractivity contribution in [3.8, 4) is 11.5 Å². The Hall–Kier alpha value is -4.84. The number of Topliss-reactive ketones (excluding diaryl/α,β-unsaturated/α-hetero) is 1. The molecule has 0 aliphatic rings. The van der Waals surface area contributed by atoms with E-state index in [1.165, 1.54) is 19.1 Å². The monoisotopic (exact) mass is 705 g/mol. The molecule has 5 N–H and O–H groups in total. The molecule has 2 amide bonds. The third kappa shape index (κ3) is 9.33. The van der Waals surface area contributed by atoms with Crippen LogP contribution in [-0.2, 0) is 9.53 Å². The second-order valence-corrected chi connectivity index (χ2v) is 11.1. The van der Waals surface area contributed by atoms with Gasteiger partial charge in [-0.3, -0.25) is 14.9 Å². The number of benzene rings is 4. The van der Waals surface area contributed by atoms with Crippen LogP contribution in [0.3, 0.4) is 0 Å². The molecule has 4 aromatic rings. The summed E-state index contributed by atoms with van der Waals surface area (Å²) < 4.78 is 13.1. The lowest BCUT2D eigenvalue weighted by Gasteiger charge is -2.28. The standard InChI is InChI=1S/C34H32IN3O6/c1-22(39)23-15-18-25(19-16-23)37-34(42)44-33(27-21-24(35)17-20-30(27)40)31(43-26-9-3-2-4-10-26)13-7-8-14-32(41)38-29-12-6-5-11-28(29)36/h2-6,8-12,14-21,31,33,40H,7,13,36H2,1H3,(H,37,42)(H,38,41)/b14-8+/t31-,33-/m0/s1. The lowest BCUT2D eigenvalue weighted by molar-refractivity contribution is -0.111. The van der Waals surface area contributed by atoms with E-state index >= 15 is 0 Å². The smallest absolute Gasteiger partial charge is 0.412 e. The Bertz CT molecular complexity index is 1630. The minimum Gasteiger partial charge on any atom is -0.508 e. The second kappa shape index (κ2) is 15.6. The summed E-state index contributed by atoms with van der Waals surface area (Å²) in [6.07, 6.45) is 1.23. The molecule has 0 aliphatic carbocycles. The molecular formula is C34H32IN3O6. The predicted molar refractivity (Wildman–Crippen MR) is 179 cm³/mol. The summed E-state index contributed by atoms with van der Waals surface area (Å²) in [6.45, 7) is 1.46. The molecule has 0 fully saturated rings. The number of phenolic OH excluding ortho intramolecular Hbond substituents is 1. The lowest BCUT2D eigenvalue weighted by Crippen LogP contribution is -2.31. The van der Waals surface area contributed by atoms with Crippen LogP contribution in [0.5, 0.6) is 11.5 Å². The molecule has 0 radical (unpaired) electrons. The highest BCUT2D eigenvalue weighted by atomic mass is 127. The zero-order valence-electron chi connectivity index (χ0n) is 23.9. The van der Waals surface area contributed by atoms with Crippen molar-refractivity contribution in [3.05, 3.63) is 124 Å². The molecule has 0 aliphatic heterocycles. The summed E-state index contributed by atoms with van der Waals surface area (Å²) in [5, 5.41) is 16.3. The van der Waals surface area contributed by atoms with Crippen LogP contribution in [0.1, 0.15) is 41.8 Å². The second-order valence-electron chi connectivity index (χ2n) is 9.81. The van der Waals surface area contributed by atoms with Gasteiger partial charge < -0.3 is 25.6 Å². The summed E-state index contributed by atoms with van der Waals surface area (Å²) in [5.74, 6) is 0.0374. The molecule has 2 atom stereocenters. The Labute approximate surface area is 269 Å². The van der Waals surface area contributed by atoms with E-state index in [0.29, 0.717) is 46.8 Å². The van der Waals surface area contributed by atoms with Crippen LogP contribution in [0.4, 0.5) is 21.9 Å². The molecule has 0 heterocycles. The van der Waals surface area contributed by atoms with Gasteiger partial charge in [0.1, 0.15) is 17.6 Å². The third-order valence-corrected chi connectivity index (χ3v) is 7.21. The number of nitrogen functional groups attached to an aromatic ring is 1. The highest BCUT2D eigenvalue weighted by Gasteiger charge is 2.31. The molecule has 4 rings (SSSR count). The van der Waals surface area contributed by atoms with Crippen LogP contribution in [-0.4, -0.2) is 29.0 Å². The fourth-order valence-corrected chi connectivity index (χ4v) is 4.84. The van der Waals surface area contributed by atoms with Gasteiger partial charge in [-0.15, -0.1) is 0 Å². The van der Waals surface area contributed by atoms with Crippen molar-refractivity contribution in [3.63, 3.8) is 0 Å². The summed E-state index contributed by atoms with van der Waals surface area (Å²) in [7, 11) is 0. The van der Waals surface area contributed by atoms with Crippen molar-refractivity contribution in [2.24, 2.45) is 0 Å². The molecule has 4 aromatic carbocycles. The number of phenols is 1. The number of anilines is 3. The van der Waals surface area contributed by atoms with Gasteiger partial charge >= 0.3 is 6.09 Å². The van der Waals surface area contributed by atoms with E-state index in [0.717, 1.165) is 3.57 Å². The van der Waals surface area contributed by atoms with E-state index in [9.17, 15) is 19.5 Å². The van der Waals surface area contributed by atoms with E-state index < -0.39 is 18.3 Å². The predicted octanol–water partition coefficient (Wildman–Crippen LogP) is 7.49. The quantitative estimate of drug-likeness (QED) is 0.0518. The molecule has 0 bridgehead atoms. The maximum absolute atomic E-state index is 13.2. The first kappa shape index (κ1) is 32.1. The molecule has 0 aromatic heterocycles. The molecular weight excluding hydrogens is 673 g/mol. The third-order valence-electron chi connectivity index (χ3n) is 6.54. The van der Waals surface area contributed by atoms with E-state index in [1.54, 1.807) is 78.9 Å². The van der Waals surface area contributed by atoms with Gasteiger partial charge in [0.15, 0.2) is 11.9 Å². The molecule has 0 saturated carbocycles. The van der Waals surface area contributed by atoms with Crippen molar-refractivity contribution in [2.75, 3.05) is 16.4 Å². The van der Waals surface area contributed by atoms with Crippen molar-refractivity contribution < 1.29 is 29.0 Å². The van der Waals surface area contributed by atoms with E-state index in [-0.39, 0.29) is 17.4 Å². The maximum Gasteiger partial charge on any atom is 0.412 e. The van der Waals surface area contributed by atoms with Crippen molar-refractivity contribution in [2.45, 2.75) is 32.0 Å². The Morgan fingerprint density at radius 3 is 2.34 bits per heavy atom. The Balaban J connectivity index is 1.56. The summed E-state index contributed by atoms with van der Waals surface area (Å²) in [4.78, 5) is 37.3. The number of hydrogen-bond acceptors (Lipinski definition) is 7. The van der Waals surface area contributed by atoms with Gasteiger partial charge in [0.2, 0.25) is 5.91 Å². The molecule has 226 valence electrons. The van der Waals surface area contributed by atoms with Crippen LogP contribution in [0.25, 0.3) is 0 Å². The molecule has 9 nitrogen and oxygen atoms in total. The summed E-state index contributed by atoms with van der Waals surface area (Å²) in [6, 6.07) is 27.4. The maximum atomic E-state index is 13.2. The molecule has 0 spiro atoms. The minimum absolute atomic E-state index is 0.0638. The average Bonchev–Trinajstić information content (AvgIpc) is 3.01. The molecule has 10 heteroatoms. The Kier molecular flexibility index (Phi) is 11.4. The van der Waals surface area contributed by atoms with Crippen LogP contribution < -0.4 is 21.1 Å². The zero-order valence-corrected chi connectivity index (χ0v) is 26.1. The number of nitrogens with one attached hydrogen (secondary N) is 2. The number of ether oxygens (including phenoxy) is 2. The van der Waals surface area contributed by atoms with E-state index in [2.05, 4.69) is 33.2 Å². The number of ketones is 1. The first-order valence-electron chi connectivity index (χ1n) is 13.8. The zero-order chi connectivity index (χ0) is 31.5. The summed E-state index contributed by atoms with van der Waals surface area (Å²) >= 11 is 2.12. The largest absolute Gasteiger partial charge is 0.508 e. The van der Waals surface area contributed by atoms with E-state index in [1.807, 2.05) is 18.2 Å². The number of carbonyl (C=O) groups excluding carboxylic acids is 3. The normalized spacial score (nSPS) is 12.2. The topological polar surface area (TPSA) is 140 Å². The first-order valence-corrected chi connectivity index (χ1v) is 14.9. The number of carbonyl (C=O) groups is 3. The van der Waals surface area contributed by atoms with Gasteiger partial charge in [-0.2, -0.15) is 0 Å². The van der Waals surface area contributed by atoms with Gasteiger partial charge in [0.25, 0.3) is 0 Å². The highest BCUT2D eigenvalue weighted by molar-refractivity contribution is 14.1. The fraction of sp³-hybridized carbons (Fsp3) is 0.147. The Morgan fingerprint density at radius 1 is 0.932 bits per heavy atom. The highest BCUT2D eigenvalue weighted by Crippen LogP contribution is 2.35. The SMILES string of the molecule is CC(=O)c1ccc(NC(=O)O[C@@H](c2cc(I)ccc2O)[C@H](CC/C=C/C(=O)Nc2ccccc2N)Oc2ccccc2)cc1. The molecule has 44 heavy (non-hydrogen) atoms. The number of hydrogen-bond donors (Lipinski definition) is 4.